The van der Waals surface area contributed by atoms with Gasteiger partial charge in [0.25, 0.3) is 11.4 Å². The Hall–Kier alpha value is -3.98. The summed E-state index contributed by atoms with van der Waals surface area (Å²) in [6, 6.07) is 0.838. The first-order valence-electron chi connectivity index (χ1n) is 7.17. The first-order chi connectivity index (χ1) is 12.6. The highest BCUT2D eigenvalue weighted by molar-refractivity contribution is 5.76. The fourth-order valence-corrected chi connectivity index (χ4v) is 2.17. The van der Waals surface area contributed by atoms with Crippen molar-refractivity contribution in [2.45, 2.75) is 12.8 Å². The highest BCUT2D eigenvalue weighted by Gasteiger charge is 2.37. The number of nitro benzene ring substituents is 3. The van der Waals surface area contributed by atoms with Crippen LogP contribution in [-0.4, -0.2) is 44.9 Å². The molecule has 1 fully saturated rings. The number of hydrogen-bond donors (Lipinski definition) is 0. The number of nitroso groups, excluding NO2 is 1. The molecule has 0 saturated carbocycles. The summed E-state index contributed by atoms with van der Waals surface area (Å²) >= 11 is 0. The van der Waals surface area contributed by atoms with Crippen LogP contribution in [-0.2, 0) is 0 Å². The summed E-state index contributed by atoms with van der Waals surface area (Å²) in [5.41, 5.74) is -4.07. The number of hydrogen-bond acceptors (Lipinski definition) is 10. The van der Waals surface area contributed by atoms with Crippen LogP contribution in [0.15, 0.2) is 17.4 Å². The van der Waals surface area contributed by atoms with Gasteiger partial charge >= 0.3 is 11.4 Å². The van der Waals surface area contributed by atoms with Gasteiger partial charge in [-0.3, -0.25) is 35.4 Å². The quantitative estimate of drug-likeness (QED) is 0.390. The van der Waals surface area contributed by atoms with Crippen molar-refractivity contribution in [3.05, 3.63) is 57.5 Å². The highest BCUT2D eigenvalue weighted by Crippen LogP contribution is 2.40. The van der Waals surface area contributed by atoms with Crippen LogP contribution in [0.4, 0.5) is 22.7 Å². The van der Waals surface area contributed by atoms with Gasteiger partial charge in [-0.15, -0.1) is 4.91 Å². The molecular formula is C11H13N7O9. The summed E-state index contributed by atoms with van der Waals surface area (Å²) in [5.74, 6) is 0. The Morgan fingerprint density at radius 3 is 1.63 bits per heavy atom. The lowest BCUT2D eigenvalue weighted by molar-refractivity contribution is -0.493. The van der Waals surface area contributed by atoms with Crippen molar-refractivity contribution in [3.63, 3.8) is 0 Å². The molecule has 1 saturated heterocycles. The minimum Gasteiger partial charge on any atom is -0.261 e. The van der Waals surface area contributed by atoms with Gasteiger partial charge in [0.15, 0.2) is 5.03 Å². The van der Waals surface area contributed by atoms with Crippen LogP contribution in [0.1, 0.15) is 12.8 Å². The van der Waals surface area contributed by atoms with Crippen molar-refractivity contribution in [2.24, 2.45) is 5.29 Å². The third kappa shape index (κ3) is 5.25. The fraction of sp³-hybridized carbons (Fsp3) is 0.455. The summed E-state index contributed by atoms with van der Waals surface area (Å²) < 4.78 is 0. The molecule has 0 aromatic heterocycles. The van der Waals surface area contributed by atoms with Crippen LogP contribution in [0.2, 0.25) is 0 Å². The second kappa shape index (κ2) is 8.92. The van der Waals surface area contributed by atoms with Crippen molar-refractivity contribution in [2.75, 3.05) is 25.1 Å². The van der Waals surface area contributed by atoms with Crippen LogP contribution in [0, 0.1) is 45.4 Å². The van der Waals surface area contributed by atoms with E-state index in [0.717, 1.165) is 33.0 Å². The molecule has 1 aromatic carbocycles. The van der Waals surface area contributed by atoms with Gasteiger partial charge in [-0.05, 0) is 12.8 Å². The minimum absolute atomic E-state index is 0.0555. The molecular weight excluding hydrogens is 374 g/mol. The average Bonchev–Trinajstić information content (AvgIpc) is 3.13. The van der Waals surface area contributed by atoms with E-state index >= 15 is 0 Å². The molecule has 0 atom stereocenters. The van der Waals surface area contributed by atoms with E-state index in [1.165, 1.54) is 0 Å². The standard InChI is InChI=1S/C7H5N5O8.C4H8N2O/c1-8(12(19)20)7-5(10(15)16)2-4(9(13)14)3-6(7)11(17)18;7-5-6-3-1-2-4-6/h2-3H,1H3;1-4H2. The molecule has 1 aliphatic rings. The van der Waals surface area contributed by atoms with E-state index < -0.39 is 42.6 Å². The third-order valence-electron chi connectivity index (χ3n) is 3.43. The van der Waals surface area contributed by atoms with Crippen LogP contribution < -0.4 is 5.01 Å². The van der Waals surface area contributed by atoms with Gasteiger partial charge in [-0.2, -0.15) is 0 Å². The van der Waals surface area contributed by atoms with Crippen LogP contribution in [0.25, 0.3) is 0 Å². The van der Waals surface area contributed by atoms with E-state index in [9.17, 15) is 45.4 Å². The summed E-state index contributed by atoms with van der Waals surface area (Å²) in [4.78, 5) is 49.1. The first kappa shape index (κ1) is 21.1. The van der Waals surface area contributed by atoms with E-state index in [1.54, 1.807) is 5.01 Å². The van der Waals surface area contributed by atoms with Gasteiger partial charge in [0.1, 0.15) is 0 Å². The lowest BCUT2D eigenvalue weighted by Gasteiger charge is -2.08. The summed E-state index contributed by atoms with van der Waals surface area (Å²) in [7, 11) is 0.751. The number of nitrogens with zero attached hydrogens (tertiary/aromatic N) is 7. The average molecular weight is 387 g/mol. The molecule has 1 heterocycles. The second-order valence-corrected chi connectivity index (χ2v) is 5.11. The molecule has 0 spiro atoms. The Kier molecular flexibility index (Phi) is 6.96. The van der Waals surface area contributed by atoms with E-state index in [4.69, 9.17) is 0 Å². The Labute approximate surface area is 149 Å². The van der Waals surface area contributed by atoms with Gasteiger partial charge in [0.05, 0.1) is 39.2 Å². The summed E-state index contributed by atoms with van der Waals surface area (Å²) in [5, 5.41) is 46.1. The fourth-order valence-electron chi connectivity index (χ4n) is 2.17. The third-order valence-corrected chi connectivity index (χ3v) is 3.43. The van der Waals surface area contributed by atoms with E-state index in [0.29, 0.717) is 12.1 Å². The minimum atomic E-state index is -1.17. The Bertz CT molecular complexity index is 742. The van der Waals surface area contributed by atoms with Crippen molar-refractivity contribution in [3.8, 4) is 0 Å². The maximum absolute atomic E-state index is 10.8. The maximum Gasteiger partial charge on any atom is 0.312 e. The molecule has 0 N–H and O–H groups in total. The number of hydrazine groups is 1. The number of nitro groups is 4. The SMILES string of the molecule is CN(c1c([N+](=O)[O-])cc([N+](=O)[O-])cc1[N+](=O)[O-])[N+](=O)[O-].O=NN1CCCC1. The van der Waals surface area contributed by atoms with Crippen molar-refractivity contribution < 1.29 is 19.8 Å². The van der Waals surface area contributed by atoms with Gasteiger partial charge in [0.2, 0.25) is 0 Å². The largest absolute Gasteiger partial charge is 0.312 e. The number of benzene rings is 1. The Morgan fingerprint density at radius 1 is 0.926 bits per heavy atom. The van der Waals surface area contributed by atoms with Gasteiger partial charge in [-0.1, -0.05) is 5.01 Å². The maximum atomic E-state index is 10.8. The first-order valence-corrected chi connectivity index (χ1v) is 7.17. The van der Waals surface area contributed by atoms with Gasteiger partial charge < -0.3 is 0 Å². The van der Waals surface area contributed by atoms with Gasteiger partial charge in [0, 0.05) is 13.1 Å². The predicted octanol–water partition coefficient (Wildman–Crippen LogP) is 1.80. The smallest absolute Gasteiger partial charge is 0.261 e. The molecule has 2 rings (SSSR count). The van der Waals surface area contributed by atoms with Crippen LogP contribution in [0.3, 0.4) is 0 Å². The Morgan fingerprint density at radius 2 is 1.37 bits per heavy atom. The van der Waals surface area contributed by atoms with E-state index in [-0.39, 0.29) is 5.01 Å². The monoisotopic (exact) mass is 387 g/mol. The molecule has 0 radical (unpaired) electrons. The van der Waals surface area contributed by atoms with Crippen molar-refractivity contribution in [1.29, 1.82) is 0 Å². The highest BCUT2D eigenvalue weighted by atomic mass is 16.7. The molecule has 146 valence electrons. The van der Waals surface area contributed by atoms with E-state index in [2.05, 4.69) is 5.29 Å². The predicted molar refractivity (Wildman–Crippen MR) is 88.4 cm³/mol. The number of non-ortho nitro benzene ring substituents is 1. The molecule has 1 aromatic rings. The molecule has 0 aliphatic carbocycles. The topological polar surface area (TPSA) is 208 Å². The lowest BCUT2D eigenvalue weighted by atomic mass is 10.2. The summed E-state index contributed by atoms with van der Waals surface area (Å²) in [6.07, 6.45) is 2.26. The lowest BCUT2D eigenvalue weighted by Crippen LogP contribution is -2.26. The Balaban J connectivity index is 0.000000433. The van der Waals surface area contributed by atoms with Crippen LogP contribution >= 0.6 is 0 Å². The molecule has 0 amide bonds. The second-order valence-electron chi connectivity index (χ2n) is 5.11. The van der Waals surface area contributed by atoms with Gasteiger partial charge in [-0.25, -0.2) is 10.1 Å². The molecule has 0 unspecified atom stereocenters. The van der Waals surface area contributed by atoms with Crippen molar-refractivity contribution in [1.82, 2.24) is 5.01 Å². The van der Waals surface area contributed by atoms with E-state index in [1.807, 2.05) is 0 Å². The molecule has 16 nitrogen and oxygen atoms in total. The number of anilines is 1. The molecule has 0 bridgehead atoms. The normalized spacial score (nSPS) is 12.6. The zero-order valence-corrected chi connectivity index (χ0v) is 13.8. The molecule has 1 aliphatic heterocycles. The molecule has 27 heavy (non-hydrogen) atoms. The molecule has 16 heteroatoms. The zero-order valence-electron chi connectivity index (χ0n) is 13.8. The van der Waals surface area contributed by atoms with Crippen LogP contribution in [0.5, 0.6) is 0 Å². The zero-order chi connectivity index (χ0) is 20.7. The summed E-state index contributed by atoms with van der Waals surface area (Å²) in [6.45, 7) is 1.73. The van der Waals surface area contributed by atoms with Crippen molar-refractivity contribution >= 4 is 22.7 Å². The number of rotatable bonds is 6.